The Kier molecular flexibility index (Phi) is 5.78. The monoisotopic (exact) mass is 374 g/mol. The van der Waals surface area contributed by atoms with Crippen molar-refractivity contribution in [2.75, 3.05) is 26.2 Å². The topological polar surface area (TPSA) is 84.2 Å². The number of hydrogen-bond donors (Lipinski definition) is 0. The molecular formula is C18H23FN6O2. The summed E-state index contributed by atoms with van der Waals surface area (Å²) in [7, 11) is 0. The molecule has 0 aliphatic carbocycles. The van der Waals surface area contributed by atoms with Crippen molar-refractivity contribution in [2.24, 2.45) is 0 Å². The van der Waals surface area contributed by atoms with Gasteiger partial charge in [0.25, 0.3) is 0 Å². The molecule has 2 heterocycles. The van der Waals surface area contributed by atoms with Crippen molar-refractivity contribution in [3.8, 4) is 0 Å². The molecule has 144 valence electrons. The van der Waals surface area contributed by atoms with Gasteiger partial charge in [-0.25, -0.2) is 9.07 Å². The third-order valence-electron chi connectivity index (χ3n) is 4.81. The highest BCUT2D eigenvalue weighted by molar-refractivity contribution is 5.81. The Morgan fingerprint density at radius 2 is 1.93 bits per heavy atom. The second kappa shape index (κ2) is 8.24. The summed E-state index contributed by atoms with van der Waals surface area (Å²) < 4.78 is 15.1. The molecule has 27 heavy (non-hydrogen) atoms. The van der Waals surface area contributed by atoms with Gasteiger partial charge in [-0.3, -0.25) is 9.59 Å². The molecule has 1 atom stereocenters. The number of hydrogen-bond acceptors (Lipinski definition) is 5. The van der Waals surface area contributed by atoms with Crippen molar-refractivity contribution in [3.63, 3.8) is 0 Å². The van der Waals surface area contributed by atoms with Crippen molar-refractivity contribution >= 4 is 11.8 Å². The zero-order valence-electron chi connectivity index (χ0n) is 15.5. The molecule has 0 N–H and O–H groups in total. The standard InChI is InChI=1S/C18H23FN6O2/c1-13-20-21-22-25(13)17(12-15-5-3-6-16(19)11-15)18(27)24-8-4-7-23(9-10-24)14(2)26/h3,5-6,11,17H,4,7-10,12H2,1-2H3/t17-/m0/s1. The molecule has 2 aromatic rings. The minimum atomic E-state index is -0.661. The van der Waals surface area contributed by atoms with Gasteiger partial charge in [-0.15, -0.1) is 5.10 Å². The second-order valence-electron chi connectivity index (χ2n) is 6.71. The van der Waals surface area contributed by atoms with Gasteiger partial charge in [0.1, 0.15) is 17.7 Å². The Labute approximate surface area is 156 Å². The first-order chi connectivity index (χ1) is 13.0. The lowest BCUT2D eigenvalue weighted by Crippen LogP contribution is -2.41. The predicted octanol–water partition coefficient (Wildman–Crippen LogP) is 0.985. The fourth-order valence-corrected chi connectivity index (χ4v) is 3.36. The molecule has 9 heteroatoms. The molecule has 0 radical (unpaired) electrons. The first-order valence-electron chi connectivity index (χ1n) is 8.99. The molecule has 3 rings (SSSR count). The van der Waals surface area contributed by atoms with Gasteiger partial charge in [0.15, 0.2) is 0 Å². The van der Waals surface area contributed by atoms with Crippen LogP contribution in [0.1, 0.15) is 30.8 Å². The lowest BCUT2D eigenvalue weighted by Gasteiger charge is -2.26. The molecule has 1 aromatic heterocycles. The number of tetrazole rings is 1. The Hall–Kier alpha value is -2.84. The third kappa shape index (κ3) is 4.47. The average molecular weight is 374 g/mol. The number of aryl methyl sites for hydroxylation is 1. The second-order valence-corrected chi connectivity index (χ2v) is 6.71. The molecule has 1 aliphatic heterocycles. The van der Waals surface area contributed by atoms with Crippen molar-refractivity contribution in [1.29, 1.82) is 0 Å². The summed E-state index contributed by atoms with van der Waals surface area (Å²) >= 11 is 0. The Bertz CT molecular complexity index is 824. The SMILES string of the molecule is CC(=O)N1CCCN(C(=O)[C@H](Cc2cccc(F)c2)n2nnnc2C)CC1. The maximum Gasteiger partial charge on any atom is 0.247 e. The van der Waals surface area contributed by atoms with Crippen LogP contribution in [-0.4, -0.2) is 68.0 Å². The van der Waals surface area contributed by atoms with Crippen molar-refractivity contribution < 1.29 is 14.0 Å². The van der Waals surface area contributed by atoms with Gasteiger partial charge < -0.3 is 9.80 Å². The lowest BCUT2D eigenvalue weighted by molar-refractivity contribution is -0.135. The van der Waals surface area contributed by atoms with E-state index in [1.807, 2.05) is 0 Å². The largest absolute Gasteiger partial charge is 0.341 e. The van der Waals surface area contributed by atoms with Gasteiger partial charge in [-0.05, 0) is 41.5 Å². The van der Waals surface area contributed by atoms with E-state index in [1.165, 1.54) is 23.7 Å². The number of aromatic nitrogens is 4. The summed E-state index contributed by atoms with van der Waals surface area (Å²) in [6, 6.07) is 5.53. The number of benzene rings is 1. The predicted molar refractivity (Wildman–Crippen MR) is 95.1 cm³/mol. The van der Waals surface area contributed by atoms with E-state index >= 15 is 0 Å². The highest BCUT2D eigenvalue weighted by Crippen LogP contribution is 2.19. The molecule has 1 aromatic carbocycles. The summed E-state index contributed by atoms with van der Waals surface area (Å²) in [4.78, 5) is 28.4. The van der Waals surface area contributed by atoms with Crippen molar-refractivity contribution in [1.82, 2.24) is 30.0 Å². The Balaban J connectivity index is 1.83. The fourth-order valence-electron chi connectivity index (χ4n) is 3.36. The van der Waals surface area contributed by atoms with E-state index in [2.05, 4.69) is 15.5 Å². The van der Waals surface area contributed by atoms with E-state index in [1.54, 1.807) is 28.9 Å². The number of halogens is 1. The molecule has 2 amide bonds. The van der Waals surface area contributed by atoms with Gasteiger partial charge in [0, 0.05) is 39.5 Å². The molecule has 1 saturated heterocycles. The first-order valence-corrected chi connectivity index (χ1v) is 8.99. The van der Waals surface area contributed by atoms with E-state index in [0.29, 0.717) is 44.0 Å². The van der Waals surface area contributed by atoms with Crippen molar-refractivity contribution in [3.05, 3.63) is 41.5 Å². The molecule has 0 unspecified atom stereocenters. The van der Waals surface area contributed by atoms with Crippen LogP contribution in [-0.2, 0) is 16.0 Å². The average Bonchev–Trinajstić information content (AvgIpc) is 2.91. The Morgan fingerprint density at radius 3 is 2.59 bits per heavy atom. The lowest BCUT2D eigenvalue weighted by atomic mass is 10.0. The van der Waals surface area contributed by atoms with Gasteiger partial charge in [-0.1, -0.05) is 12.1 Å². The summed E-state index contributed by atoms with van der Waals surface area (Å²) in [5.74, 6) is 0.0564. The molecule has 1 fully saturated rings. The van der Waals surface area contributed by atoms with E-state index in [4.69, 9.17) is 0 Å². The van der Waals surface area contributed by atoms with Gasteiger partial charge in [0.2, 0.25) is 11.8 Å². The summed E-state index contributed by atoms with van der Waals surface area (Å²) in [5, 5.41) is 11.5. The zero-order valence-corrected chi connectivity index (χ0v) is 15.5. The van der Waals surface area contributed by atoms with Crippen molar-refractivity contribution in [2.45, 2.75) is 32.7 Å². The van der Waals surface area contributed by atoms with Crippen LogP contribution in [0.5, 0.6) is 0 Å². The highest BCUT2D eigenvalue weighted by Gasteiger charge is 2.30. The van der Waals surface area contributed by atoms with Crippen LogP contribution >= 0.6 is 0 Å². The molecule has 0 saturated carbocycles. The van der Waals surface area contributed by atoms with Gasteiger partial charge in [-0.2, -0.15) is 0 Å². The maximum atomic E-state index is 13.6. The maximum absolute atomic E-state index is 13.6. The molecular weight excluding hydrogens is 351 g/mol. The van der Waals surface area contributed by atoms with Gasteiger partial charge >= 0.3 is 0 Å². The number of carbonyl (C=O) groups is 2. The minimum absolute atomic E-state index is 0.0110. The molecule has 0 spiro atoms. The van der Waals surface area contributed by atoms with E-state index < -0.39 is 6.04 Å². The highest BCUT2D eigenvalue weighted by atomic mass is 19.1. The van der Waals surface area contributed by atoms with Crippen LogP contribution in [0, 0.1) is 12.7 Å². The molecule has 1 aliphatic rings. The minimum Gasteiger partial charge on any atom is -0.341 e. The summed E-state index contributed by atoms with van der Waals surface area (Å²) in [5.41, 5.74) is 0.698. The molecule has 8 nitrogen and oxygen atoms in total. The van der Waals surface area contributed by atoms with Crippen LogP contribution in [0.4, 0.5) is 4.39 Å². The van der Waals surface area contributed by atoms with Crippen LogP contribution in [0.3, 0.4) is 0 Å². The number of rotatable bonds is 4. The van der Waals surface area contributed by atoms with Crippen LogP contribution in [0.2, 0.25) is 0 Å². The smallest absolute Gasteiger partial charge is 0.247 e. The summed E-state index contributed by atoms with van der Waals surface area (Å²) in [6.07, 6.45) is 1.00. The van der Waals surface area contributed by atoms with E-state index in [-0.39, 0.29) is 24.1 Å². The van der Waals surface area contributed by atoms with Crippen LogP contribution in [0.25, 0.3) is 0 Å². The Morgan fingerprint density at radius 1 is 1.19 bits per heavy atom. The van der Waals surface area contributed by atoms with Crippen LogP contribution < -0.4 is 0 Å². The number of nitrogens with zero attached hydrogens (tertiary/aromatic N) is 6. The van der Waals surface area contributed by atoms with Gasteiger partial charge in [0.05, 0.1) is 0 Å². The quantitative estimate of drug-likeness (QED) is 0.797. The van der Waals surface area contributed by atoms with Crippen LogP contribution in [0.15, 0.2) is 24.3 Å². The first kappa shape index (κ1) is 18.9. The molecule has 0 bridgehead atoms. The normalized spacial score (nSPS) is 16.1. The van der Waals surface area contributed by atoms with E-state index in [9.17, 15) is 14.0 Å². The zero-order chi connectivity index (χ0) is 19.4. The number of amides is 2. The fraction of sp³-hybridized carbons (Fsp3) is 0.500. The number of carbonyl (C=O) groups excluding carboxylic acids is 2. The summed E-state index contributed by atoms with van der Waals surface area (Å²) in [6.45, 7) is 5.42. The van der Waals surface area contributed by atoms with E-state index in [0.717, 1.165) is 0 Å². The third-order valence-corrected chi connectivity index (χ3v) is 4.81.